The summed E-state index contributed by atoms with van der Waals surface area (Å²) in [4.78, 5) is 26.4. The number of nitrogens with one attached hydrogen (secondary N) is 1. The van der Waals surface area contributed by atoms with E-state index in [9.17, 15) is 22.8 Å². The van der Waals surface area contributed by atoms with E-state index in [1.165, 1.54) is 19.1 Å². The number of alkyl halides is 3. The molecule has 5 N–H and O–H groups in total. The number of hydrazine groups is 1. The summed E-state index contributed by atoms with van der Waals surface area (Å²) in [6.45, 7) is 5.78. The van der Waals surface area contributed by atoms with Crippen molar-refractivity contribution in [3.05, 3.63) is 74.6 Å². The Bertz CT molecular complexity index is 1030. The van der Waals surface area contributed by atoms with Gasteiger partial charge in [-0.2, -0.15) is 13.2 Å². The Hall–Kier alpha value is -2.69. The molecule has 31 heavy (non-hydrogen) atoms. The average Bonchev–Trinajstić information content (AvgIpc) is 2.72. The van der Waals surface area contributed by atoms with Gasteiger partial charge in [0.2, 0.25) is 0 Å². The van der Waals surface area contributed by atoms with Crippen LogP contribution in [0.25, 0.3) is 5.69 Å². The minimum absolute atomic E-state index is 0.0173. The second-order valence-corrected chi connectivity index (χ2v) is 7.21. The molecule has 1 unspecified atom stereocenters. The van der Waals surface area contributed by atoms with Gasteiger partial charge in [0.05, 0.1) is 22.9 Å². The van der Waals surface area contributed by atoms with Crippen LogP contribution in [0.3, 0.4) is 0 Å². The van der Waals surface area contributed by atoms with Crippen molar-refractivity contribution in [2.45, 2.75) is 51.4 Å². The third kappa shape index (κ3) is 5.52. The summed E-state index contributed by atoms with van der Waals surface area (Å²) < 4.78 is 41.9. The molecule has 0 saturated heterocycles. The fourth-order valence-electron chi connectivity index (χ4n) is 3.52. The molecule has 0 radical (unpaired) electrons. The Kier molecular flexibility index (Phi) is 8.37. The molecule has 2 rings (SSSR count). The third-order valence-electron chi connectivity index (χ3n) is 5.09. The van der Waals surface area contributed by atoms with E-state index in [2.05, 4.69) is 12.0 Å². The SMILES string of the molecule is C=CCC(NN)c1c(C)n(-c2cccc(C(F)(F)F)c2)c(=O)n(CCCCCN)c1=O. The molecule has 0 saturated carbocycles. The van der Waals surface area contributed by atoms with Crippen molar-refractivity contribution in [3.8, 4) is 5.69 Å². The van der Waals surface area contributed by atoms with Crippen LogP contribution in [-0.2, 0) is 12.7 Å². The quantitative estimate of drug-likeness (QED) is 0.228. The first kappa shape index (κ1) is 24.6. The standard InChI is InChI=1S/C21H28F3N5O2/c1-3-8-17(27-26)18-14(2)29(16-10-7-9-15(13-16)21(22,23)24)20(31)28(19(18)30)12-6-4-5-11-25/h3,7,9-10,13,17,27H,1,4-6,8,11-12,25-26H2,2H3. The molecule has 2 aromatic rings. The van der Waals surface area contributed by atoms with Gasteiger partial charge in [0.25, 0.3) is 5.56 Å². The van der Waals surface area contributed by atoms with Crippen molar-refractivity contribution in [2.24, 2.45) is 11.6 Å². The maximum Gasteiger partial charge on any atom is 0.416 e. The van der Waals surface area contributed by atoms with Gasteiger partial charge >= 0.3 is 11.9 Å². The van der Waals surface area contributed by atoms with Crippen LogP contribution in [0.4, 0.5) is 13.2 Å². The highest BCUT2D eigenvalue weighted by Gasteiger charge is 2.31. The Morgan fingerprint density at radius 2 is 1.94 bits per heavy atom. The topological polar surface area (TPSA) is 108 Å². The van der Waals surface area contributed by atoms with Crippen LogP contribution >= 0.6 is 0 Å². The molecule has 0 aliphatic carbocycles. The molecule has 1 aromatic carbocycles. The summed E-state index contributed by atoms with van der Waals surface area (Å²) in [5.41, 5.74) is 6.36. The average molecular weight is 439 g/mol. The highest BCUT2D eigenvalue weighted by molar-refractivity contribution is 5.40. The van der Waals surface area contributed by atoms with E-state index in [1.807, 2.05) is 0 Å². The molecule has 10 heteroatoms. The molecular formula is C21H28F3N5O2. The molecule has 0 bridgehead atoms. The van der Waals surface area contributed by atoms with Gasteiger partial charge in [-0.25, -0.2) is 4.79 Å². The number of unbranched alkanes of at least 4 members (excludes halogenated alkanes) is 2. The summed E-state index contributed by atoms with van der Waals surface area (Å²) in [7, 11) is 0. The first-order valence-corrected chi connectivity index (χ1v) is 9.98. The summed E-state index contributed by atoms with van der Waals surface area (Å²) >= 11 is 0. The number of hydrogen-bond donors (Lipinski definition) is 3. The maximum absolute atomic E-state index is 13.2. The van der Waals surface area contributed by atoms with Crippen molar-refractivity contribution < 1.29 is 13.2 Å². The van der Waals surface area contributed by atoms with E-state index in [1.54, 1.807) is 6.08 Å². The number of hydrogen-bond acceptors (Lipinski definition) is 5. The van der Waals surface area contributed by atoms with Crippen molar-refractivity contribution >= 4 is 0 Å². The number of benzene rings is 1. The van der Waals surface area contributed by atoms with Gasteiger partial charge in [0.15, 0.2) is 0 Å². The lowest BCUT2D eigenvalue weighted by atomic mass is 10.0. The van der Waals surface area contributed by atoms with Crippen molar-refractivity contribution in [2.75, 3.05) is 6.54 Å². The highest BCUT2D eigenvalue weighted by Crippen LogP contribution is 2.30. The molecule has 1 heterocycles. The van der Waals surface area contributed by atoms with E-state index in [4.69, 9.17) is 11.6 Å². The van der Waals surface area contributed by atoms with E-state index < -0.39 is 29.0 Å². The van der Waals surface area contributed by atoms with Crippen LogP contribution in [0.5, 0.6) is 0 Å². The maximum atomic E-state index is 13.2. The number of nitrogens with two attached hydrogens (primary N) is 2. The van der Waals surface area contributed by atoms with Crippen LogP contribution in [0.15, 0.2) is 46.5 Å². The lowest BCUT2D eigenvalue weighted by molar-refractivity contribution is -0.137. The van der Waals surface area contributed by atoms with Crippen LogP contribution in [-0.4, -0.2) is 15.7 Å². The lowest BCUT2D eigenvalue weighted by Crippen LogP contribution is -2.45. The van der Waals surface area contributed by atoms with Gasteiger partial charge in [-0.15, -0.1) is 6.58 Å². The summed E-state index contributed by atoms with van der Waals surface area (Å²) in [6, 6.07) is 3.78. The number of aromatic nitrogens is 2. The summed E-state index contributed by atoms with van der Waals surface area (Å²) in [6.07, 6.45) is -0.745. The fraction of sp³-hybridized carbons (Fsp3) is 0.429. The minimum atomic E-state index is -4.57. The summed E-state index contributed by atoms with van der Waals surface area (Å²) in [5, 5.41) is 0. The Balaban J connectivity index is 2.76. The number of rotatable bonds is 10. The molecule has 170 valence electrons. The second kappa shape index (κ2) is 10.6. The van der Waals surface area contributed by atoms with Crippen LogP contribution in [0.1, 0.15) is 48.5 Å². The van der Waals surface area contributed by atoms with Gasteiger partial charge < -0.3 is 5.73 Å². The smallest absolute Gasteiger partial charge is 0.330 e. The van der Waals surface area contributed by atoms with Gasteiger partial charge in [0.1, 0.15) is 0 Å². The fourth-order valence-corrected chi connectivity index (χ4v) is 3.52. The van der Waals surface area contributed by atoms with Gasteiger partial charge in [0, 0.05) is 12.2 Å². The Morgan fingerprint density at radius 3 is 2.52 bits per heavy atom. The molecule has 1 atom stereocenters. The van der Waals surface area contributed by atoms with Gasteiger partial charge in [-0.05, 0) is 50.9 Å². The van der Waals surface area contributed by atoms with E-state index >= 15 is 0 Å². The second-order valence-electron chi connectivity index (χ2n) is 7.21. The third-order valence-corrected chi connectivity index (χ3v) is 5.09. The van der Waals surface area contributed by atoms with Gasteiger partial charge in [-0.3, -0.25) is 25.2 Å². The van der Waals surface area contributed by atoms with Crippen molar-refractivity contribution in [1.82, 2.24) is 14.6 Å². The van der Waals surface area contributed by atoms with Gasteiger partial charge in [-0.1, -0.05) is 18.6 Å². The molecule has 7 nitrogen and oxygen atoms in total. The molecular weight excluding hydrogens is 411 g/mol. The van der Waals surface area contributed by atoms with Crippen molar-refractivity contribution in [1.29, 1.82) is 0 Å². The molecule has 1 aromatic heterocycles. The van der Waals surface area contributed by atoms with E-state index in [-0.39, 0.29) is 23.5 Å². The molecule has 0 aliphatic rings. The Labute approximate surface area is 178 Å². The minimum Gasteiger partial charge on any atom is -0.330 e. The van der Waals surface area contributed by atoms with Crippen LogP contribution < -0.4 is 28.3 Å². The number of halogens is 3. The van der Waals surface area contributed by atoms with E-state index in [0.29, 0.717) is 25.8 Å². The molecule has 0 amide bonds. The molecule has 0 fully saturated rings. The Morgan fingerprint density at radius 1 is 1.23 bits per heavy atom. The predicted molar refractivity (Wildman–Crippen MR) is 114 cm³/mol. The van der Waals surface area contributed by atoms with Crippen LogP contribution in [0, 0.1) is 6.92 Å². The monoisotopic (exact) mass is 439 g/mol. The zero-order valence-electron chi connectivity index (χ0n) is 17.4. The van der Waals surface area contributed by atoms with E-state index in [0.717, 1.165) is 27.7 Å². The van der Waals surface area contributed by atoms with Crippen molar-refractivity contribution in [3.63, 3.8) is 0 Å². The zero-order chi connectivity index (χ0) is 23.2. The lowest BCUT2D eigenvalue weighted by Gasteiger charge is -2.22. The number of nitrogens with zero attached hydrogens (tertiary/aromatic N) is 2. The molecule has 0 spiro atoms. The van der Waals surface area contributed by atoms with Crippen LogP contribution in [0.2, 0.25) is 0 Å². The highest BCUT2D eigenvalue weighted by atomic mass is 19.4. The molecule has 0 aliphatic heterocycles. The largest absolute Gasteiger partial charge is 0.416 e. The first-order chi connectivity index (χ1) is 14.7. The summed E-state index contributed by atoms with van der Waals surface area (Å²) in [5.74, 6) is 5.63. The predicted octanol–water partition coefficient (Wildman–Crippen LogP) is 2.54. The first-order valence-electron chi connectivity index (χ1n) is 9.98. The zero-order valence-corrected chi connectivity index (χ0v) is 17.4. The normalized spacial score (nSPS) is 12.7.